The molecule has 11 nitrogen and oxygen atoms in total. The highest BCUT2D eigenvalue weighted by Crippen LogP contribution is 2.37. The largest absolute Gasteiger partial charge is 0.417 e. The van der Waals surface area contributed by atoms with Gasteiger partial charge in [0.25, 0.3) is 10.0 Å². The molecule has 0 fully saturated rings. The summed E-state index contributed by atoms with van der Waals surface area (Å²) in [5.74, 6) is -0.821. The third kappa shape index (κ3) is 6.19. The molecule has 0 spiro atoms. The fourth-order valence-corrected chi connectivity index (χ4v) is 4.49. The molecule has 0 saturated heterocycles. The van der Waals surface area contributed by atoms with Crippen molar-refractivity contribution < 1.29 is 36.2 Å². The number of aldehydes is 1. The number of benzene rings is 1. The molecule has 0 aliphatic rings. The first kappa shape index (κ1) is 28.3. The summed E-state index contributed by atoms with van der Waals surface area (Å²) in [5.41, 5.74) is 3.99. The summed E-state index contributed by atoms with van der Waals surface area (Å²) < 4.78 is 74.0. The number of rotatable bonds is 9. The summed E-state index contributed by atoms with van der Waals surface area (Å²) >= 11 is 11.6. The van der Waals surface area contributed by atoms with Gasteiger partial charge in [0.15, 0.2) is 11.6 Å². The molecule has 1 aromatic carbocycles. The Labute approximate surface area is 217 Å². The number of aliphatic hydroxyl groups excluding tert-OH is 1. The van der Waals surface area contributed by atoms with Crippen molar-refractivity contribution in [2.45, 2.75) is 24.3 Å². The first-order valence-electron chi connectivity index (χ1n) is 10.0. The van der Waals surface area contributed by atoms with Gasteiger partial charge >= 0.3 is 6.18 Å². The van der Waals surface area contributed by atoms with Crippen molar-refractivity contribution in [1.82, 2.24) is 19.7 Å². The molecule has 0 radical (unpaired) electrons. The maximum absolute atomic E-state index is 13.3. The second kappa shape index (κ2) is 11.0. The van der Waals surface area contributed by atoms with Crippen LogP contribution in [0.4, 0.5) is 18.9 Å². The lowest BCUT2D eigenvalue weighted by atomic mass is 10.2. The van der Waals surface area contributed by atoms with E-state index in [2.05, 4.69) is 19.9 Å². The standard InChI is InChI=1S/C20H17Cl2F3N6O5S/c1-2-36-19(33)18-29-28-17(31(18)15(26)5-6-32)16-14(7-10(21)9-27-16)30-37(34,35)11-3-4-13(22)12(8-11)20(23,24)25/h3-9,19,30,33H,2,26H2,1H3. The van der Waals surface area contributed by atoms with Gasteiger partial charge in [0.1, 0.15) is 17.8 Å². The summed E-state index contributed by atoms with van der Waals surface area (Å²) in [6.45, 7) is 1.65. The number of pyridine rings is 1. The van der Waals surface area contributed by atoms with Crippen LogP contribution < -0.4 is 10.5 Å². The molecule has 0 saturated carbocycles. The minimum absolute atomic E-state index is 0.0504. The molecule has 17 heteroatoms. The topological polar surface area (TPSA) is 162 Å². The summed E-state index contributed by atoms with van der Waals surface area (Å²) in [6, 6.07) is 3.14. The van der Waals surface area contributed by atoms with Crippen LogP contribution in [0.5, 0.6) is 0 Å². The van der Waals surface area contributed by atoms with Crippen LogP contribution in [0.1, 0.15) is 24.6 Å². The van der Waals surface area contributed by atoms with E-state index in [9.17, 15) is 31.5 Å². The average molecular weight is 581 g/mol. The molecule has 3 rings (SSSR count). The molecule has 0 aliphatic heterocycles. The molecule has 2 aromatic heterocycles. The van der Waals surface area contributed by atoms with Crippen LogP contribution in [0.25, 0.3) is 17.3 Å². The maximum Gasteiger partial charge on any atom is 0.417 e. The van der Waals surface area contributed by atoms with Crippen molar-refractivity contribution in [3.8, 4) is 11.5 Å². The van der Waals surface area contributed by atoms with E-state index in [4.69, 9.17) is 33.7 Å². The Balaban J connectivity index is 2.17. The molecule has 4 N–H and O–H groups in total. The Bertz CT molecular complexity index is 1460. The van der Waals surface area contributed by atoms with E-state index in [1.54, 1.807) is 6.92 Å². The second-order valence-electron chi connectivity index (χ2n) is 7.05. The highest BCUT2D eigenvalue weighted by atomic mass is 35.5. The number of carbonyl (C=O) groups is 1. The highest BCUT2D eigenvalue weighted by Gasteiger charge is 2.35. The number of allylic oxidation sites excluding steroid dienone is 1. The predicted molar refractivity (Wildman–Crippen MR) is 127 cm³/mol. The highest BCUT2D eigenvalue weighted by molar-refractivity contribution is 7.92. The zero-order valence-electron chi connectivity index (χ0n) is 18.6. The molecule has 0 aliphatic carbocycles. The van der Waals surface area contributed by atoms with E-state index in [1.165, 1.54) is 0 Å². The van der Waals surface area contributed by atoms with E-state index in [-0.39, 0.29) is 40.5 Å². The number of aromatic nitrogens is 4. The molecule has 2 heterocycles. The van der Waals surface area contributed by atoms with Crippen molar-refractivity contribution in [3.05, 3.63) is 58.0 Å². The van der Waals surface area contributed by atoms with Gasteiger partial charge in [0.05, 0.1) is 26.2 Å². The van der Waals surface area contributed by atoms with Crippen LogP contribution in [0.2, 0.25) is 10.0 Å². The number of aliphatic hydroxyl groups is 1. The number of hydrogen-bond acceptors (Lipinski definition) is 9. The molecule has 198 valence electrons. The van der Waals surface area contributed by atoms with Crippen molar-refractivity contribution in [2.24, 2.45) is 5.73 Å². The zero-order valence-corrected chi connectivity index (χ0v) is 20.9. The summed E-state index contributed by atoms with van der Waals surface area (Å²) in [7, 11) is -4.66. The number of carbonyl (C=O) groups excluding carboxylic acids is 1. The Hall–Kier alpha value is -3.24. The quantitative estimate of drug-likeness (QED) is 0.195. The number of alkyl halides is 3. The van der Waals surface area contributed by atoms with E-state index in [1.807, 2.05) is 0 Å². The molecule has 3 aromatic rings. The summed E-state index contributed by atoms with van der Waals surface area (Å²) in [5, 5.41) is 17.2. The smallest absolute Gasteiger partial charge is 0.385 e. The van der Waals surface area contributed by atoms with E-state index < -0.39 is 38.0 Å². The lowest BCUT2D eigenvalue weighted by Gasteiger charge is -2.16. The number of ether oxygens (including phenoxy) is 1. The van der Waals surface area contributed by atoms with Crippen molar-refractivity contribution in [1.29, 1.82) is 0 Å². The Morgan fingerprint density at radius 2 is 2.00 bits per heavy atom. The van der Waals surface area contributed by atoms with Crippen LogP contribution in [0, 0.1) is 0 Å². The van der Waals surface area contributed by atoms with Crippen molar-refractivity contribution >= 4 is 51.0 Å². The number of anilines is 1. The SMILES string of the molecule is CCOC(O)c1nnc(-c2ncc(Cl)cc2NS(=O)(=O)c2ccc(Cl)c(C(F)(F)F)c2)n1C(N)=CC=O. The first-order chi connectivity index (χ1) is 17.3. The van der Waals surface area contributed by atoms with E-state index in [0.29, 0.717) is 12.4 Å². The Kier molecular flexibility index (Phi) is 8.44. The van der Waals surface area contributed by atoms with Crippen molar-refractivity contribution in [2.75, 3.05) is 11.3 Å². The predicted octanol–water partition coefficient (Wildman–Crippen LogP) is 3.45. The van der Waals surface area contributed by atoms with Gasteiger partial charge in [-0.1, -0.05) is 23.2 Å². The van der Waals surface area contributed by atoms with E-state index in [0.717, 1.165) is 35.0 Å². The van der Waals surface area contributed by atoms with Gasteiger partial charge in [-0.25, -0.2) is 13.4 Å². The maximum atomic E-state index is 13.3. The van der Waals surface area contributed by atoms with E-state index >= 15 is 0 Å². The van der Waals surface area contributed by atoms with Gasteiger partial charge in [-0.15, -0.1) is 10.2 Å². The van der Waals surface area contributed by atoms with Crippen molar-refractivity contribution in [3.63, 3.8) is 0 Å². The van der Waals surface area contributed by atoms with Gasteiger partial charge < -0.3 is 15.6 Å². The van der Waals surface area contributed by atoms with Gasteiger partial charge in [0.2, 0.25) is 6.29 Å². The molecule has 0 bridgehead atoms. The van der Waals surface area contributed by atoms with Gasteiger partial charge in [0, 0.05) is 18.9 Å². The number of nitrogens with two attached hydrogens (primary N) is 1. The lowest BCUT2D eigenvalue weighted by molar-refractivity contribution is -0.137. The Morgan fingerprint density at radius 3 is 2.62 bits per heavy atom. The second-order valence-corrected chi connectivity index (χ2v) is 9.57. The van der Waals surface area contributed by atoms with Gasteiger partial charge in [-0.05, 0) is 31.2 Å². The number of hydrogen-bond donors (Lipinski definition) is 3. The molecule has 1 unspecified atom stereocenters. The molecular weight excluding hydrogens is 564 g/mol. The molecule has 1 atom stereocenters. The molecular formula is C20H17Cl2F3N6O5S. The zero-order chi connectivity index (χ0) is 27.5. The van der Waals surface area contributed by atoms with Gasteiger partial charge in [-0.2, -0.15) is 13.2 Å². The minimum atomic E-state index is -4.91. The van der Waals surface area contributed by atoms with Gasteiger partial charge in [-0.3, -0.25) is 14.1 Å². The minimum Gasteiger partial charge on any atom is -0.385 e. The molecule has 0 amide bonds. The van der Waals surface area contributed by atoms with Crippen LogP contribution in [-0.2, 0) is 25.7 Å². The fourth-order valence-electron chi connectivity index (χ4n) is 3.03. The number of halogens is 5. The fraction of sp³-hybridized carbons (Fsp3) is 0.200. The normalized spacial score (nSPS) is 13.4. The number of nitrogens with one attached hydrogen (secondary N) is 1. The van der Waals surface area contributed by atoms with Crippen LogP contribution >= 0.6 is 23.2 Å². The first-order valence-corrected chi connectivity index (χ1v) is 12.3. The Morgan fingerprint density at radius 1 is 1.30 bits per heavy atom. The third-order valence-electron chi connectivity index (χ3n) is 4.59. The number of nitrogens with zero attached hydrogens (tertiary/aromatic N) is 4. The molecule has 37 heavy (non-hydrogen) atoms. The van der Waals surface area contributed by atoms with Crippen LogP contribution in [0.3, 0.4) is 0 Å². The number of sulfonamides is 1. The summed E-state index contributed by atoms with van der Waals surface area (Å²) in [4.78, 5) is 14.3. The average Bonchev–Trinajstić information content (AvgIpc) is 3.24. The van der Waals surface area contributed by atoms with Crippen LogP contribution in [-0.4, -0.2) is 46.2 Å². The third-order valence-corrected chi connectivity index (χ3v) is 6.49. The monoisotopic (exact) mass is 580 g/mol. The lowest BCUT2D eigenvalue weighted by Crippen LogP contribution is -2.18. The van der Waals surface area contributed by atoms with Crippen LogP contribution in [0.15, 0.2) is 41.4 Å². The summed E-state index contributed by atoms with van der Waals surface area (Å²) in [6.07, 6.45) is -4.19.